The van der Waals surface area contributed by atoms with E-state index in [2.05, 4.69) is 33.1 Å². The van der Waals surface area contributed by atoms with E-state index in [-0.39, 0.29) is 6.09 Å². The summed E-state index contributed by atoms with van der Waals surface area (Å²) < 4.78 is 9.33. The van der Waals surface area contributed by atoms with Gasteiger partial charge in [-0.15, -0.1) is 5.10 Å². The molecule has 3 rings (SSSR count). The molecule has 1 N–H and O–H groups in total. The van der Waals surface area contributed by atoms with Gasteiger partial charge in [-0.1, -0.05) is 10.6 Å². The second kappa shape index (κ2) is 6.76. The summed E-state index contributed by atoms with van der Waals surface area (Å²) in [6, 6.07) is 6.30. The Bertz CT molecular complexity index is 710. The summed E-state index contributed by atoms with van der Waals surface area (Å²) in [6.45, 7) is 7.58. The molecule has 0 fully saturated rings. The van der Waals surface area contributed by atoms with Crippen molar-refractivity contribution in [2.45, 2.75) is 45.9 Å². The van der Waals surface area contributed by atoms with Crippen LogP contribution in [0, 0.1) is 0 Å². The molecule has 0 spiro atoms. The lowest BCUT2D eigenvalue weighted by atomic mass is 9.99. The summed E-state index contributed by atoms with van der Waals surface area (Å²) in [7, 11) is 0. The molecule has 0 saturated carbocycles. The maximum absolute atomic E-state index is 12.3. The molecule has 0 bridgehead atoms. The number of hydrogen-bond acceptors (Lipinski definition) is 6. The SMILES string of the molecule is CC(C)(C)OC(=O)N1CCc2ccc(NCc3csnn3)cc2C1. The molecule has 0 radical (unpaired) electrons. The van der Waals surface area contributed by atoms with Crippen LogP contribution in [-0.4, -0.2) is 32.7 Å². The van der Waals surface area contributed by atoms with Crippen LogP contribution in [0.4, 0.5) is 10.5 Å². The number of hydrogen-bond donors (Lipinski definition) is 1. The summed E-state index contributed by atoms with van der Waals surface area (Å²) in [5, 5.41) is 9.30. The monoisotopic (exact) mass is 346 g/mol. The van der Waals surface area contributed by atoms with Crippen LogP contribution >= 0.6 is 11.5 Å². The molecule has 0 saturated heterocycles. The van der Waals surface area contributed by atoms with Crippen molar-refractivity contribution < 1.29 is 9.53 Å². The molecule has 1 aromatic carbocycles. The fraction of sp³-hybridized carbons (Fsp3) is 0.471. The maximum Gasteiger partial charge on any atom is 0.410 e. The van der Waals surface area contributed by atoms with E-state index >= 15 is 0 Å². The minimum absolute atomic E-state index is 0.250. The molecular formula is C17H22N4O2S. The van der Waals surface area contributed by atoms with Crippen LogP contribution in [0.15, 0.2) is 23.6 Å². The zero-order valence-corrected chi connectivity index (χ0v) is 15.0. The standard InChI is InChI=1S/C17H22N4O2S/c1-17(2,3)23-16(22)21-7-6-12-4-5-14(8-13(12)10-21)18-9-15-11-24-20-19-15/h4-5,8,11,18H,6-7,9-10H2,1-3H3. The molecule has 1 aliphatic heterocycles. The van der Waals surface area contributed by atoms with Gasteiger partial charge in [0.05, 0.1) is 12.2 Å². The number of ether oxygens (including phenoxy) is 1. The van der Waals surface area contributed by atoms with Crippen molar-refractivity contribution in [1.82, 2.24) is 14.5 Å². The van der Waals surface area contributed by atoms with Gasteiger partial charge >= 0.3 is 6.09 Å². The fourth-order valence-electron chi connectivity index (χ4n) is 2.60. The summed E-state index contributed by atoms with van der Waals surface area (Å²) in [5.74, 6) is 0. The van der Waals surface area contributed by atoms with Crippen LogP contribution in [0.1, 0.15) is 37.6 Å². The smallest absolute Gasteiger partial charge is 0.410 e. The highest BCUT2D eigenvalue weighted by Crippen LogP contribution is 2.24. The molecule has 0 unspecified atom stereocenters. The van der Waals surface area contributed by atoms with Crippen molar-refractivity contribution in [2.75, 3.05) is 11.9 Å². The minimum atomic E-state index is -0.470. The average Bonchev–Trinajstić information content (AvgIpc) is 3.04. The van der Waals surface area contributed by atoms with Gasteiger partial charge in [0.25, 0.3) is 0 Å². The van der Waals surface area contributed by atoms with Gasteiger partial charge in [0.1, 0.15) is 5.60 Å². The number of rotatable bonds is 3. The van der Waals surface area contributed by atoms with Crippen molar-refractivity contribution in [3.05, 3.63) is 40.4 Å². The van der Waals surface area contributed by atoms with Gasteiger partial charge in [0, 0.05) is 24.2 Å². The molecule has 0 atom stereocenters. The van der Waals surface area contributed by atoms with E-state index in [1.807, 2.05) is 26.2 Å². The lowest BCUT2D eigenvalue weighted by Crippen LogP contribution is -2.39. The Morgan fingerprint density at radius 2 is 2.21 bits per heavy atom. The van der Waals surface area contributed by atoms with Crippen molar-refractivity contribution in [2.24, 2.45) is 0 Å². The zero-order valence-electron chi connectivity index (χ0n) is 14.2. The minimum Gasteiger partial charge on any atom is -0.444 e. The van der Waals surface area contributed by atoms with Crippen molar-refractivity contribution in [3.63, 3.8) is 0 Å². The third-order valence-corrected chi connectivity index (χ3v) is 4.30. The quantitative estimate of drug-likeness (QED) is 0.922. The second-order valence-corrected chi connectivity index (χ2v) is 7.50. The van der Waals surface area contributed by atoms with Crippen molar-refractivity contribution in [3.8, 4) is 0 Å². The highest BCUT2D eigenvalue weighted by Gasteiger charge is 2.25. The van der Waals surface area contributed by atoms with E-state index in [1.54, 1.807) is 4.90 Å². The number of fused-ring (bicyclic) bond motifs is 1. The predicted octanol–water partition coefficient (Wildman–Crippen LogP) is 3.44. The third-order valence-electron chi connectivity index (χ3n) is 3.75. The van der Waals surface area contributed by atoms with Crippen LogP contribution in [0.3, 0.4) is 0 Å². The van der Waals surface area contributed by atoms with Crippen molar-refractivity contribution >= 4 is 23.3 Å². The number of amides is 1. The molecule has 24 heavy (non-hydrogen) atoms. The second-order valence-electron chi connectivity index (χ2n) is 6.89. The third kappa shape index (κ3) is 4.23. The maximum atomic E-state index is 12.3. The van der Waals surface area contributed by atoms with Gasteiger partial charge in [-0.2, -0.15) is 0 Å². The first-order chi connectivity index (χ1) is 11.4. The van der Waals surface area contributed by atoms with Crippen LogP contribution in [0.5, 0.6) is 0 Å². The number of aromatic nitrogens is 2. The van der Waals surface area contributed by atoms with Gasteiger partial charge in [-0.25, -0.2) is 4.79 Å². The van der Waals surface area contributed by atoms with Crippen molar-refractivity contribution in [1.29, 1.82) is 0 Å². The highest BCUT2D eigenvalue weighted by molar-refractivity contribution is 7.03. The molecule has 128 valence electrons. The Morgan fingerprint density at radius 1 is 1.38 bits per heavy atom. The number of benzene rings is 1. The summed E-state index contributed by atoms with van der Waals surface area (Å²) in [4.78, 5) is 14.0. The lowest BCUT2D eigenvalue weighted by Gasteiger charge is -2.31. The number of nitrogens with one attached hydrogen (secondary N) is 1. The van der Waals surface area contributed by atoms with Crippen LogP contribution in [0.2, 0.25) is 0 Å². The van der Waals surface area contributed by atoms with E-state index in [9.17, 15) is 4.79 Å². The fourth-order valence-corrected chi connectivity index (χ4v) is 3.05. The van der Waals surface area contributed by atoms with Crippen LogP contribution in [0.25, 0.3) is 0 Å². The Kier molecular flexibility index (Phi) is 4.71. The Balaban J connectivity index is 1.66. The van der Waals surface area contributed by atoms with E-state index in [4.69, 9.17) is 4.74 Å². The van der Waals surface area contributed by atoms with E-state index in [0.29, 0.717) is 19.6 Å². The molecule has 2 heterocycles. The van der Waals surface area contributed by atoms with Crippen LogP contribution < -0.4 is 5.32 Å². The van der Waals surface area contributed by atoms with Gasteiger partial charge in [0.2, 0.25) is 0 Å². The molecular weight excluding hydrogens is 324 g/mol. The van der Waals surface area contributed by atoms with E-state index in [1.165, 1.54) is 17.1 Å². The van der Waals surface area contributed by atoms with Crippen LogP contribution in [-0.2, 0) is 24.2 Å². The first-order valence-corrected chi connectivity index (χ1v) is 8.84. The van der Waals surface area contributed by atoms with Gasteiger partial charge in [-0.3, -0.25) is 0 Å². The first kappa shape index (κ1) is 16.7. The number of nitrogens with zero attached hydrogens (tertiary/aromatic N) is 3. The normalized spacial score (nSPS) is 14.2. The van der Waals surface area contributed by atoms with E-state index in [0.717, 1.165) is 23.4 Å². The molecule has 0 aliphatic carbocycles. The average molecular weight is 346 g/mol. The van der Waals surface area contributed by atoms with E-state index < -0.39 is 5.60 Å². The highest BCUT2D eigenvalue weighted by atomic mass is 32.1. The zero-order chi connectivity index (χ0) is 17.2. The molecule has 1 amide bonds. The molecule has 1 aliphatic rings. The first-order valence-electron chi connectivity index (χ1n) is 8.00. The largest absolute Gasteiger partial charge is 0.444 e. The van der Waals surface area contributed by atoms with Gasteiger partial charge in [0.15, 0.2) is 0 Å². The molecule has 1 aromatic heterocycles. The molecule has 6 nitrogen and oxygen atoms in total. The number of carbonyl (C=O) groups excluding carboxylic acids is 1. The summed E-state index contributed by atoms with van der Waals surface area (Å²) >= 11 is 1.35. The molecule has 2 aromatic rings. The lowest BCUT2D eigenvalue weighted by molar-refractivity contribution is 0.0224. The Hall–Kier alpha value is -2.15. The summed E-state index contributed by atoms with van der Waals surface area (Å²) in [5.41, 5.74) is 3.92. The Labute approximate surface area is 146 Å². The number of anilines is 1. The topological polar surface area (TPSA) is 67.3 Å². The van der Waals surface area contributed by atoms with Gasteiger partial charge in [-0.05, 0) is 62.0 Å². The Morgan fingerprint density at radius 3 is 2.92 bits per heavy atom. The summed E-state index contributed by atoms with van der Waals surface area (Å²) in [6.07, 6.45) is 0.602. The molecule has 7 heteroatoms. The number of carbonyl (C=O) groups is 1. The predicted molar refractivity (Wildman–Crippen MR) is 94.0 cm³/mol. The van der Waals surface area contributed by atoms with Gasteiger partial charge < -0.3 is 15.0 Å².